The number of hydroxylamine groups is 2. The van der Waals surface area contributed by atoms with Crippen molar-refractivity contribution in [3.05, 3.63) is 11.8 Å². The summed E-state index contributed by atoms with van der Waals surface area (Å²) in [6.45, 7) is 11.0. The van der Waals surface area contributed by atoms with Gasteiger partial charge in [0, 0.05) is 12.5 Å². The Balaban J connectivity index is 2.84. The lowest BCUT2D eigenvalue weighted by atomic mass is 9.82. The third kappa shape index (κ3) is 4.34. The molecule has 1 saturated heterocycles. The minimum absolute atomic E-state index is 0.00986. The molecule has 1 aliphatic heterocycles. The van der Waals surface area contributed by atoms with E-state index in [9.17, 15) is 4.79 Å². The molecule has 1 aliphatic rings. The van der Waals surface area contributed by atoms with Crippen molar-refractivity contribution >= 4 is 6.29 Å². The molecule has 0 bridgehead atoms. The molecule has 0 aromatic carbocycles. The number of piperidine rings is 1. The van der Waals surface area contributed by atoms with E-state index in [0.717, 1.165) is 44.1 Å². The van der Waals surface area contributed by atoms with Gasteiger partial charge in [-0.3, -0.25) is 4.79 Å². The van der Waals surface area contributed by atoms with E-state index in [1.807, 2.05) is 0 Å². The van der Waals surface area contributed by atoms with E-state index in [1.165, 1.54) is 6.42 Å². The molecule has 0 radical (unpaired) electrons. The topological polar surface area (TPSA) is 29.5 Å². The van der Waals surface area contributed by atoms with Crippen LogP contribution in [0.5, 0.6) is 0 Å². The number of rotatable bonds is 6. The molecule has 19 heavy (non-hydrogen) atoms. The van der Waals surface area contributed by atoms with Crippen molar-refractivity contribution in [2.45, 2.75) is 84.2 Å². The molecule has 0 saturated carbocycles. The largest absolute Gasteiger partial charge is 0.409 e. The van der Waals surface area contributed by atoms with Gasteiger partial charge in [-0.25, -0.2) is 0 Å². The summed E-state index contributed by atoms with van der Waals surface area (Å²) >= 11 is 0. The molecule has 0 atom stereocenters. The van der Waals surface area contributed by atoms with E-state index in [4.69, 9.17) is 4.84 Å². The first kappa shape index (κ1) is 16.2. The Morgan fingerprint density at radius 1 is 1.21 bits per heavy atom. The highest BCUT2D eigenvalue weighted by molar-refractivity contribution is 5.65. The molecule has 0 spiro atoms. The smallest absolute Gasteiger partial charge is 0.146 e. The molecule has 3 heteroatoms. The molecular formula is C16H29NO2. The second-order valence-corrected chi connectivity index (χ2v) is 6.74. The van der Waals surface area contributed by atoms with Gasteiger partial charge in [0.2, 0.25) is 0 Å². The fourth-order valence-electron chi connectivity index (χ4n) is 2.93. The zero-order valence-electron chi connectivity index (χ0n) is 13.2. The predicted molar refractivity (Wildman–Crippen MR) is 78.6 cm³/mol. The van der Waals surface area contributed by atoms with Crippen molar-refractivity contribution in [1.82, 2.24) is 5.06 Å². The number of hydrogen-bond acceptors (Lipinski definition) is 3. The summed E-state index contributed by atoms with van der Waals surface area (Å²) in [7, 11) is 0. The summed E-state index contributed by atoms with van der Waals surface area (Å²) in [5.74, 6) is 0.792. The van der Waals surface area contributed by atoms with E-state index in [1.54, 1.807) is 6.08 Å². The first-order chi connectivity index (χ1) is 8.83. The SMILES string of the molecule is CCCC/C(=C\C=O)ON1C(C)(C)CCCC1(C)C. The Morgan fingerprint density at radius 3 is 2.26 bits per heavy atom. The zero-order valence-corrected chi connectivity index (χ0v) is 13.2. The Kier molecular flexibility index (Phi) is 5.60. The molecule has 0 amide bonds. The quantitative estimate of drug-likeness (QED) is 0.409. The van der Waals surface area contributed by atoms with Crippen LogP contribution < -0.4 is 0 Å². The summed E-state index contributed by atoms with van der Waals surface area (Å²) in [5, 5.41) is 2.11. The third-order valence-corrected chi connectivity index (χ3v) is 3.92. The van der Waals surface area contributed by atoms with Crippen molar-refractivity contribution in [3.63, 3.8) is 0 Å². The fraction of sp³-hybridized carbons (Fsp3) is 0.812. The lowest BCUT2D eigenvalue weighted by Crippen LogP contribution is -2.58. The van der Waals surface area contributed by atoms with E-state index in [0.29, 0.717) is 0 Å². The van der Waals surface area contributed by atoms with Gasteiger partial charge in [-0.1, -0.05) is 13.3 Å². The minimum atomic E-state index is 0.00986. The maximum Gasteiger partial charge on any atom is 0.146 e. The molecule has 1 rings (SSSR count). The average Bonchev–Trinajstić information content (AvgIpc) is 2.30. The summed E-state index contributed by atoms with van der Waals surface area (Å²) in [6, 6.07) is 0. The van der Waals surface area contributed by atoms with E-state index >= 15 is 0 Å². The van der Waals surface area contributed by atoms with Crippen LogP contribution in [0.15, 0.2) is 11.8 Å². The van der Waals surface area contributed by atoms with Crippen LogP contribution in [0.1, 0.15) is 73.1 Å². The van der Waals surface area contributed by atoms with Gasteiger partial charge in [0.1, 0.15) is 12.0 Å². The molecule has 1 fully saturated rings. The standard InChI is InChI=1S/C16H29NO2/c1-6-7-9-14(10-13-18)19-17-15(2,3)11-8-12-16(17,4)5/h10,13H,6-9,11-12H2,1-5H3/b14-10+. The Hall–Kier alpha value is -0.830. The van der Waals surface area contributed by atoms with Crippen LogP contribution in [0.2, 0.25) is 0 Å². The van der Waals surface area contributed by atoms with Gasteiger partial charge < -0.3 is 4.84 Å². The lowest BCUT2D eigenvalue weighted by molar-refractivity contribution is -0.257. The molecule has 0 aliphatic carbocycles. The van der Waals surface area contributed by atoms with E-state index in [2.05, 4.69) is 39.7 Å². The average molecular weight is 267 g/mol. The van der Waals surface area contributed by atoms with Crippen LogP contribution in [-0.2, 0) is 9.63 Å². The highest BCUT2D eigenvalue weighted by Crippen LogP contribution is 2.39. The third-order valence-electron chi connectivity index (χ3n) is 3.92. The van der Waals surface area contributed by atoms with Crippen molar-refractivity contribution in [3.8, 4) is 0 Å². The second-order valence-electron chi connectivity index (χ2n) is 6.74. The van der Waals surface area contributed by atoms with Gasteiger partial charge in [0.25, 0.3) is 0 Å². The Bertz CT molecular complexity index is 316. The lowest BCUT2D eigenvalue weighted by Gasteiger charge is -2.51. The van der Waals surface area contributed by atoms with Crippen LogP contribution in [0.4, 0.5) is 0 Å². The number of carbonyl (C=O) groups excluding carboxylic acids is 1. The number of aldehydes is 1. The number of unbranched alkanes of at least 4 members (excludes halogenated alkanes) is 1. The molecule has 0 aromatic rings. The van der Waals surface area contributed by atoms with Gasteiger partial charge in [-0.05, 0) is 53.4 Å². The zero-order chi connectivity index (χ0) is 14.5. The van der Waals surface area contributed by atoms with Crippen LogP contribution in [-0.4, -0.2) is 22.4 Å². The van der Waals surface area contributed by atoms with Gasteiger partial charge in [0.05, 0.1) is 11.1 Å². The highest BCUT2D eigenvalue weighted by atomic mass is 16.7. The number of hydrogen-bond donors (Lipinski definition) is 0. The van der Waals surface area contributed by atoms with Crippen molar-refractivity contribution in [1.29, 1.82) is 0 Å². The highest BCUT2D eigenvalue weighted by Gasteiger charge is 2.43. The number of carbonyl (C=O) groups is 1. The van der Waals surface area contributed by atoms with Gasteiger partial charge in [-0.15, -0.1) is 5.06 Å². The molecule has 1 heterocycles. The van der Waals surface area contributed by atoms with Crippen LogP contribution in [0.3, 0.4) is 0 Å². The van der Waals surface area contributed by atoms with Gasteiger partial charge in [0.15, 0.2) is 0 Å². The van der Waals surface area contributed by atoms with Crippen molar-refractivity contribution in [2.75, 3.05) is 0 Å². The summed E-state index contributed by atoms with van der Waals surface area (Å²) in [6.07, 6.45) is 8.85. The van der Waals surface area contributed by atoms with Crippen molar-refractivity contribution in [2.24, 2.45) is 0 Å². The maximum atomic E-state index is 10.8. The molecule has 0 N–H and O–H groups in total. The van der Waals surface area contributed by atoms with Gasteiger partial charge in [-0.2, -0.15) is 0 Å². The number of allylic oxidation sites excluding steroid dienone is 2. The maximum absolute atomic E-state index is 10.8. The first-order valence-electron chi connectivity index (χ1n) is 7.46. The summed E-state index contributed by atoms with van der Waals surface area (Å²) in [4.78, 5) is 16.9. The Labute approximate surface area is 118 Å². The second kappa shape index (κ2) is 6.56. The molecule has 0 unspecified atom stereocenters. The predicted octanol–water partition coefficient (Wildman–Crippen LogP) is 4.23. The number of nitrogens with zero attached hydrogens (tertiary/aromatic N) is 1. The molecular weight excluding hydrogens is 238 g/mol. The Morgan fingerprint density at radius 2 is 1.79 bits per heavy atom. The molecule has 110 valence electrons. The van der Waals surface area contributed by atoms with Crippen LogP contribution in [0.25, 0.3) is 0 Å². The van der Waals surface area contributed by atoms with E-state index < -0.39 is 0 Å². The molecule has 3 nitrogen and oxygen atoms in total. The first-order valence-corrected chi connectivity index (χ1v) is 7.46. The minimum Gasteiger partial charge on any atom is -0.409 e. The normalized spacial score (nSPS) is 23.1. The molecule has 0 aromatic heterocycles. The fourth-order valence-corrected chi connectivity index (χ4v) is 2.93. The van der Waals surface area contributed by atoms with Crippen molar-refractivity contribution < 1.29 is 9.63 Å². The van der Waals surface area contributed by atoms with Crippen LogP contribution >= 0.6 is 0 Å². The van der Waals surface area contributed by atoms with Crippen LogP contribution in [0, 0.1) is 0 Å². The monoisotopic (exact) mass is 267 g/mol. The van der Waals surface area contributed by atoms with E-state index in [-0.39, 0.29) is 11.1 Å². The van der Waals surface area contributed by atoms with Gasteiger partial charge >= 0.3 is 0 Å². The summed E-state index contributed by atoms with van der Waals surface area (Å²) in [5.41, 5.74) is 0.0197. The summed E-state index contributed by atoms with van der Waals surface area (Å²) < 4.78 is 0.